The van der Waals surface area contributed by atoms with Crippen molar-refractivity contribution in [3.05, 3.63) is 35.4 Å². The van der Waals surface area contributed by atoms with Gasteiger partial charge in [0.15, 0.2) is 0 Å². The molecular formula is C18H28N2O. The molecule has 1 aromatic carbocycles. The van der Waals surface area contributed by atoms with Gasteiger partial charge in [-0.1, -0.05) is 29.8 Å². The summed E-state index contributed by atoms with van der Waals surface area (Å²) in [6.07, 6.45) is 6.15. The van der Waals surface area contributed by atoms with Crippen molar-refractivity contribution in [2.75, 3.05) is 6.54 Å². The first-order chi connectivity index (χ1) is 10.1. The molecule has 0 saturated heterocycles. The first kappa shape index (κ1) is 16.0. The first-order valence-corrected chi connectivity index (χ1v) is 8.22. The minimum absolute atomic E-state index is 0.215. The van der Waals surface area contributed by atoms with Crippen molar-refractivity contribution in [1.29, 1.82) is 0 Å². The van der Waals surface area contributed by atoms with E-state index in [1.54, 1.807) is 0 Å². The highest BCUT2D eigenvalue weighted by molar-refractivity contribution is 5.76. The number of rotatable bonds is 9. The highest BCUT2D eigenvalue weighted by Gasteiger charge is 2.22. The third-order valence-electron chi connectivity index (χ3n) is 3.96. The van der Waals surface area contributed by atoms with Crippen LogP contribution in [0, 0.1) is 6.92 Å². The summed E-state index contributed by atoms with van der Waals surface area (Å²) in [5.41, 5.74) is 2.74. The van der Waals surface area contributed by atoms with E-state index in [0.717, 1.165) is 25.8 Å². The molecule has 3 nitrogen and oxygen atoms in total. The van der Waals surface area contributed by atoms with Gasteiger partial charge in [0.25, 0.3) is 0 Å². The van der Waals surface area contributed by atoms with Gasteiger partial charge in [-0.3, -0.25) is 4.79 Å². The Bertz CT molecular complexity index is 454. The minimum Gasteiger partial charge on any atom is -0.353 e. The molecular weight excluding hydrogens is 260 g/mol. The molecule has 1 atom stereocenters. The number of aryl methyl sites for hydroxylation is 2. The summed E-state index contributed by atoms with van der Waals surface area (Å²) in [7, 11) is 0. The molecule has 0 radical (unpaired) electrons. The van der Waals surface area contributed by atoms with Gasteiger partial charge in [0.1, 0.15) is 0 Å². The Labute approximate surface area is 128 Å². The van der Waals surface area contributed by atoms with Gasteiger partial charge in [0.05, 0.1) is 0 Å². The smallest absolute Gasteiger partial charge is 0.220 e. The highest BCUT2D eigenvalue weighted by Crippen LogP contribution is 2.18. The van der Waals surface area contributed by atoms with E-state index in [2.05, 4.69) is 48.7 Å². The molecule has 1 aliphatic rings. The van der Waals surface area contributed by atoms with Crippen molar-refractivity contribution in [2.24, 2.45) is 0 Å². The highest BCUT2D eigenvalue weighted by atomic mass is 16.1. The van der Waals surface area contributed by atoms with E-state index in [1.807, 2.05) is 0 Å². The van der Waals surface area contributed by atoms with Crippen molar-refractivity contribution < 1.29 is 4.79 Å². The van der Waals surface area contributed by atoms with Crippen LogP contribution in [0.25, 0.3) is 0 Å². The van der Waals surface area contributed by atoms with Crippen LogP contribution in [0.2, 0.25) is 0 Å². The number of hydrogen-bond acceptors (Lipinski definition) is 2. The van der Waals surface area contributed by atoms with Crippen LogP contribution >= 0.6 is 0 Å². The third-order valence-corrected chi connectivity index (χ3v) is 3.96. The van der Waals surface area contributed by atoms with Gasteiger partial charge in [-0.2, -0.15) is 0 Å². The van der Waals surface area contributed by atoms with Gasteiger partial charge in [0.2, 0.25) is 5.91 Å². The molecule has 1 unspecified atom stereocenters. The predicted octanol–water partition coefficient (Wildman–Crippen LogP) is 2.96. The fourth-order valence-electron chi connectivity index (χ4n) is 2.48. The SMILES string of the molecule is Cc1cccc(CCC(C)NCCCC(=O)NC2CC2)c1. The Morgan fingerprint density at radius 2 is 2.19 bits per heavy atom. The molecule has 116 valence electrons. The lowest BCUT2D eigenvalue weighted by molar-refractivity contribution is -0.121. The number of benzene rings is 1. The van der Waals surface area contributed by atoms with E-state index in [1.165, 1.54) is 24.0 Å². The van der Waals surface area contributed by atoms with Gasteiger partial charge in [-0.05, 0) is 58.1 Å². The average molecular weight is 288 g/mol. The van der Waals surface area contributed by atoms with Gasteiger partial charge in [0, 0.05) is 18.5 Å². The van der Waals surface area contributed by atoms with Gasteiger partial charge in [-0.15, -0.1) is 0 Å². The molecule has 0 spiro atoms. The van der Waals surface area contributed by atoms with Crippen LogP contribution in [-0.4, -0.2) is 24.5 Å². The van der Waals surface area contributed by atoms with Crippen LogP contribution in [0.1, 0.15) is 50.2 Å². The summed E-state index contributed by atoms with van der Waals surface area (Å²) in [5.74, 6) is 0.215. The van der Waals surface area contributed by atoms with Crippen LogP contribution in [0.4, 0.5) is 0 Å². The molecule has 0 bridgehead atoms. The second-order valence-corrected chi connectivity index (χ2v) is 6.33. The van der Waals surface area contributed by atoms with Crippen molar-refractivity contribution >= 4 is 5.91 Å². The van der Waals surface area contributed by atoms with E-state index < -0.39 is 0 Å². The molecule has 2 rings (SSSR count). The molecule has 1 amide bonds. The normalized spacial score (nSPS) is 15.7. The van der Waals surface area contributed by atoms with Gasteiger partial charge in [-0.25, -0.2) is 0 Å². The maximum atomic E-state index is 11.5. The topological polar surface area (TPSA) is 41.1 Å². The largest absolute Gasteiger partial charge is 0.353 e. The number of carbonyl (C=O) groups excluding carboxylic acids is 1. The van der Waals surface area contributed by atoms with Crippen molar-refractivity contribution in [1.82, 2.24) is 10.6 Å². The number of nitrogens with one attached hydrogen (secondary N) is 2. The zero-order chi connectivity index (χ0) is 15.1. The fraction of sp³-hybridized carbons (Fsp3) is 0.611. The van der Waals surface area contributed by atoms with E-state index >= 15 is 0 Å². The zero-order valence-corrected chi connectivity index (χ0v) is 13.3. The molecule has 1 aromatic rings. The molecule has 1 saturated carbocycles. The third kappa shape index (κ3) is 6.76. The lowest BCUT2D eigenvalue weighted by Crippen LogP contribution is -2.30. The molecule has 0 aromatic heterocycles. The standard InChI is InChI=1S/C18H28N2O/c1-14-5-3-6-16(13-14)9-8-15(2)19-12-4-7-18(21)20-17-10-11-17/h3,5-6,13,15,17,19H,4,7-12H2,1-2H3,(H,20,21). The van der Waals surface area contributed by atoms with E-state index in [-0.39, 0.29) is 5.91 Å². The van der Waals surface area contributed by atoms with E-state index in [4.69, 9.17) is 0 Å². The second-order valence-electron chi connectivity index (χ2n) is 6.33. The summed E-state index contributed by atoms with van der Waals surface area (Å²) < 4.78 is 0. The summed E-state index contributed by atoms with van der Waals surface area (Å²) in [5, 5.41) is 6.54. The summed E-state index contributed by atoms with van der Waals surface area (Å²) in [6, 6.07) is 9.70. The second kappa shape index (κ2) is 8.18. The van der Waals surface area contributed by atoms with E-state index in [0.29, 0.717) is 18.5 Å². The molecule has 3 heteroatoms. The Hall–Kier alpha value is -1.35. The monoisotopic (exact) mass is 288 g/mol. The van der Waals surface area contributed by atoms with Gasteiger partial charge >= 0.3 is 0 Å². The van der Waals surface area contributed by atoms with Crippen LogP contribution in [-0.2, 0) is 11.2 Å². The lowest BCUT2D eigenvalue weighted by Gasteiger charge is -2.14. The molecule has 0 heterocycles. The van der Waals surface area contributed by atoms with Gasteiger partial charge < -0.3 is 10.6 Å². The molecule has 21 heavy (non-hydrogen) atoms. The molecule has 2 N–H and O–H groups in total. The van der Waals surface area contributed by atoms with Crippen molar-refractivity contribution in [2.45, 2.75) is 64.5 Å². The quantitative estimate of drug-likeness (QED) is 0.686. The summed E-state index contributed by atoms with van der Waals surface area (Å²) in [6.45, 7) is 5.28. The Balaban J connectivity index is 1.52. The Kier molecular flexibility index (Phi) is 6.24. The van der Waals surface area contributed by atoms with Crippen LogP contribution in [0.5, 0.6) is 0 Å². The van der Waals surface area contributed by atoms with E-state index in [9.17, 15) is 4.79 Å². The number of carbonyl (C=O) groups is 1. The van der Waals surface area contributed by atoms with Crippen molar-refractivity contribution in [3.8, 4) is 0 Å². The molecule has 1 fully saturated rings. The predicted molar refractivity (Wildman–Crippen MR) is 87.4 cm³/mol. The Morgan fingerprint density at radius 1 is 1.38 bits per heavy atom. The first-order valence-electron chi connectivity index (χ1n) is 8.22. The van der Waals surface area contributed by atoms with Crippen LogP contribution in [0.15, 0.2) is 24.3 Å². The number of amides is 1. The average Bonchev–Trinajstić information content (AvgIpc) is 3.25. The maximum absolute atomic E-state index is 11.5. The van der Waals surface area contributed by atoms with Crippen LogP contribution < -0.4 is 10.6 Å². The zero-order valence-electron chi connectivity index (χ0n) is 13.3. The lowest BCUT2D eigenvalue weighted by atomic mass is 10.0. The summed E-state index contributed by atoms with van der Waals surface area (Å²) >= 11 is 0. The fourth-order valence-corrected chi connectivity index (χ4v) is 2.48. The van der Waals surface area contributed by atoms with Crippen molar-refractivity contribution in [3.63, 3.8) is 0 Å². The van der Waals surface area contributed by atoms with Crippen LogP contribution in [0.3, 0.4) is 0 Å². The maximum Gasteiger partial charge on any atom is 0.220 e. The number of hydrogen-bond donors (Lipinski definition) is 2. The minimum atomic E-state index is 0.215. The Morgan fingerprint density at radius 3 is 2.90 bits per heavy atom. The summed E-state index contributed by atoms with van der Waals surface area (Å²) in [4.78, 5) is 11.5. The molecule has 0 aliphatic heterocycles. The molecule has 1 aliphatic carbocycles.